The largest absolute Gasteiger partial charge is 0.465 e. The Morgan fingerprint density at radius 2 is 1.48 bits per heavy atom. The van der Waals surface area contributed by atoms with Crippen LogP contribution < -0.4 is 0 Å². The van der Waals surface area contributed by atoms with Crippen molar-refractivity contribution in [2.45, 2.75) is 32.2 Å². The van der Waals surface area contributed by atoms with Crippen LogP contribution >= 0.6 is 0 Å². The molecule has 1 aliphatic rings. The Kier molecular flexibility index (Phi) is 7.19. The highest BCUT2D eigenvalue weighted by Crippen LogP contribution is 2.32. The van der Waals surface area contributed by atoms with Crippen LogP contribution in [0, 0.1) is 0 Å². The third kappa shape index (κ3) is 4.83. The molecule has 2 aromatic carbocycles. The predicted octanol–water partition coefficient (Wildman–Crippen LogP) is 4.49. The molecule has 3 aromatic rings. The van der Waals surface area contributed by atoms with E-state index in [9.17, 15) is 9.59 Å². The lowest BCUT2D eigenvalue weighted by Gasteiger charge is -2.21. The quantitative estimate of drug-likeness (QED) is 0.519. The molecule has 0 N–H and O–H groups in total. The van der Waals surface area contributed by atoms with Gasteiger partial charge in [-0.2, -0.15) is 5.10 Å². The predicted molar refractivity (Wildman–Crippen MR) is 125 cm³/mol. The van der Waals surface area contributed by atoms with Gasteiger partial charge < -0.3 is 9.47 Å². The van der Waals surface area contributed by atoms with Crippen molar-refractivity contribution in [2.24, 2.45) is 0 Å². The molecule has 1 aliphatic heterocycles. The summed E-state index contributed by atoms with van der Waals surface area (Å²) in [5.41, 5.74) is 3.09. The Balaban J connectivity index is 1.88. The maximum absolute atomic E-state index is 12.9. The minimum atomic E-state index is -0.650. The Morgan fingerprint density at radius 3 is 2.15 bits per heavy atom. The van der Waals surface area contributed by atoms with Crippen LogP contribution in [0.25, 0.3) is 16.9 Å². The second-order valence-corrected chi connectivity index (χ2v) is 8.15. The fourth-order valence-corrected chi connectivity index (χ4v) is 4.37. The Hall–Kier alpha value is -3.45. The van der Waals surface area contributed by atoms with Gasteiger partial charge in [0.2, 0.25) is 0 Å². The van der Waals surface area contributed by atoms with Gasteiger partial charge in [-0.3, -0.25) is 4.90 Å². The van der Waals surface area contributed by atoms with Gasteiger partial charge in [0.05, 0.1) is 19.9 Å². The highest BCUT2D eigenvalue weighted by atomic mass is 16.5. The Morgan fingerprint density at radius 1 is 0.848 bits per heavy atom. The van der Waals surface area contributed by atoms with Crippen molar-refractivity contribution in [3.8, 4) is 16.9 Å². The van der Waals surface area contributed by atoms with Crippen molar-refractivity contribution in [1.82, 2.24) is 14.7 Å². The number of ether oxygens (including phenoxy) is 2. The second kappa shape index (κ2) is 10.4. The van der Waals surface area contributed by atoms with Crippen molar-refractivity contribution >= 4 is 11.9 Å². The molecule has 1 fully saturated rings. The Labute approximate surface area is 193 Å². The van der Waals surface area contributed by atoms with E-state index < -0.39 is 11.9 Å². The normalized spacial score (nSPS) is 14.5. The van der Waals surface area contributed by atoms with Gasteiger partial charge in [-0.1, -0.05) is 55.3 Å². The van der Waals surface area contributed by atoms with Gasteiger partial charge >= 0.3 is 11.9 Å². The molecular weight excluding hydrogens is 418 g/mol. The summed E-state index contributed by atoms with van der Waals surface area (Å²) in [6.07, 6.45) is 4.89. The number of esters is 2. The van der Waals surface area contributed by atoms with Crippen molar-refractivity contribution in [3.63, 3.8) is 0 Å². The van der Waals surface area contributed by atoms with E-state index >= 15 is 0 Å². The molecule has 1 saturated heterocycles. The zero-order chi connectivity index (χ0) is 23.2. The molecule has 33 heavy (non-hydrogen) atoms. The molecule has 0 amide bonds. The van der Waals surface area contributed by atoms with Gasteiger partial charge in [0, 0.05) is 12.1 Å². The summed E-state index contributed by atoms with van der Waals surface area (Å²) in [4.78, 5) is 28.2. The summed E-state index contributed by atoms with van der Waals surface area (Å²) in [7, 11) is 2.59. The molecule has 4 rings (SSSR count). The van der Waals surface area contributed by atoms with Crippen LogP contribution in [0.1, 0.15) is 52.1 Å². The molecule has 7 heteroatoms. The molecule has 172 valence electrons. The first kappa shape index (κ1) is 22.7. The summed E-state index contributed by atoms with van der Waals surface area (Å²) in [5, 5.41) is 4.76. The number of aromatic nitrogens is 2. The lowest BCUT2D eigenvalue weighted by molar-refractivity contribution is 0.0549. The Bertz CT molecular complexity index is 1120. The van der Waals surface area contributed by atoms with Crippen LogP contribution in [-0.2, 0) is 16.0 Å². The van der Waals surface area contributed by atoms with Gasteiger partial charge in [0.25, 0.3) is 0 Å². The molecule has 0 bridgehead atoms. The third-order valence-corrected chi connectivity index (χ3v) is 6.02. The molecule has 0 aliphatic carbocycles. The maximum Gasteiger partial charge on any atom is 0.357 e. The van der Waals surface area contributed by atoms with Crippen LogP contribution in [-0.4, -0.2) is 53.9 Å². The molecule has 0 atom stereocenters. The van der Waals surface area contributed by atoms with E-state index in [1.165, 1.54) is 44.6 Å². The zero-order valence-corrected chi connectivity index (χ0v) is 19.1. The average Bonchev–Trinajstić information content (AvgIpc) is 3.07. The number of hydrogen-bond acceptors (Lipinski definition) is 6. The molecule has 2 heterocycles. The summed E-state index contributed by atoms with van der Waals surface area (Å²) in [6.45, 7) is 2.84. The van der Waals surface area contributed by atoms with Crippen molar-refractivity contribution in [2.75, 3.05) is 27.3 Å². The molecular formula is C26H29N3O4. The average molecular weight is 448 g/mol. The first-order valence-electron chi connectivity index (χ1n) is 11.3. The number of likely N-dealkylation sites (tertiary alicyclic amines) is 1. The number of benzene rings is 2. The lowest BCUT2D eigenvalue weighted by Crippen LogP contribution is -2.24. The van der Waals surface area contributed by atoms with E-state index in [0.717, 1.165) is 30.8 Å². The smallest absolute Gasteiger partial charge is 0.357 e. The van der Waals surface area contributed by atoms with Gasteiger partial charge in [-0.05, 0) is 43.6 Å². The third-order valence-electron chi connectivity index (χ3n) is 6.02. The number of nitrogens with zero attached hydrogens (tertiary/aromatic N) is 3. The van der Waals surface area contributed by atoms with E-state index in [4.69, 9.17) is 14.6 Å². The number of para-hydroxylation sites is 1. The van der Waals surface area contributed by atoms with Crippen molar-refractivity contribution < 1.29 is 19.1 Å². The van der Waals surface area contributed by atoms with E-state index in [2.05, 4.69) is 11.0 Å². The molecule has 1 aromatic heterocycles. The first-order chi connectivity index (χ1) is 16.1. The molecule has 0 unspecified atom stereocenters. The summed E-state index contributed by atoms with van der Waals surface area (Å²) in [5.74, 6) is -1.28. The summed E-state index contributed by atoms with van der Waals surface area (Å²) >= 11 is 0. The monoisotopic (exact) mass is 447 g/mol. The van der Waals surface area contributed by atoms with E-state index in [0.29, 0.717) is 11.4 Å². The second-order valence-electron chi connectivity index (χ2n) is 8.15. The fraction of sp³-hybridized carbons (Fsp3) is 0.346. The SMILES string of the molecule is COC(=O)c1c(-c2ccccc2CN2CCCCCC2)nn(-c2ccccc2)c1C(=O)OC. The molecule has 0 saturated carbocycles. The van der Waals surface area contributed by atoms with Crippen LogP contribution in [0.5, 0.6) is 0 Å². The van der Waals surface area contributed by atoms with E-state index in [1.54, 1.807) is 0 Å². The van der Waals surface area contributed by atoms with Crippen LogP contribution in [0.15, 0.2) is 54.6 Å². The minimum Gasteiger partial charge on any atom is -0.465 e. The summed E-state index contributed by atoms with van der Waals surface area (Å²) < 4.78 is 11.6. The molecule has 0 radical (unpaired) electrons. The van der Waals surface area contributed by atoms with Gasteiger partial charge in [-0.15, -0.1) is 0 Å². The standard InChI is InChI=1S/C26H29N3O4/c1-32-25(30)22-23(27-29(24(22)26(31)33-2)20-13-6-5-7-14-20)21-15-9-8-12-19(21)18-28-16-10-3-4-11-17-28/h5-9,12-15H,3-4,10-11,16-18H2,1-2H3. The zero-order valence-electron chi connectivity index (χ0n) is 19.1. The number of carbonyl (C=O) groups is 2. The first-order valence-corrected chi connectivity index (χ1v) is 11.3. The van der Waals surface area contributed by atoms with Gasteiger partial charge in [0.1, 0.15) is 11.3 Å². The lowest BCUT2D eigenvalue weighted by atomic mass is 9.99. The van der Waals surface area contributed by atoms with Crippen molar-refractivity contribution in [3.05, 3.63) is 71.4 Å². The van der Waals surface area contributed by atoms with Gasteiger partial charge in [0.15, 0.2) is 5.69 Å². The topological polar surface area (TPSA) is 73.7 Å². The maximum atomic E-state index is 12.9. The number of rotatable bonds is 6. The minimum absolute atomic E-state index is 0.0510. The molecule has 7 nitrogen and oxygen atoms in total. The van der Waals surface area contributed by atoms with E-state index in [-0.39, 0.29) is 11.3 Å². The van der Waals surface area contributed by atoms with E-state index in [1.807, 2.05) is 48.5 Å². The van der Waals surface area contributed by atoms with Gasteiger partial charge in [-0.25, -0.2) is 14.3 Å². The molecule has 0 spiro atoms. The number of hydrogen-bond donors (Lipinski definition) is 0. The fourth-order valence-electron chi connectivity index (χ4n) is 4.37. The van der Waals surface area contributed by atoms with Crippen LogP contribution in [0.2, 0.25) is 0 Å². The van der Waals surface area contributed by atoms with Crippen molar-refractivity contribution in [1.29, 1.82) is 0 Å². The van der Waals surface area contributed by atoms with Crippen LogP contribution in [0.4, 0.5) is 0 Å². The number of methoxy groups -OCH3 is 2. The summed E-state index contributed by atoms with van der Waals surface area (Å²) in [6, 6.07) is 17.1. The number of carbonyl (C=O) groups excluding carboxylic acids is 2. The highest BCUT2D eigenvalue weighted by Gasteiger charge is 2.32. The van der Waals surface area contributed by atoms with Crippen LogP contribution in [0.3, 0.4) is 0 Å². The highest BCUT2D eigenvalue weighted by molar-refractivity contribution is 6.07.